The number of ether oxygens (including phenoxy) is 2. The fourth-order valence-corrected chi connectivity index (χ4v) is 3.78. The minimum absolute atomic E-state index is 0.200. The smallest absolute Gasteiger partial charge is 0.494 e. The van der Waals surface area contributed by atoms with Gasteiger partial charge in [-0.2, -0.15) is 5.10 Å². The summed E-state index contributed by atoms with van der Waals surface area (Å²) in [5.74, 6) is 1.03. The highest BCUT2D eigenvalue weighted by Gasteiger charge is 2.31. The topological polar surface area (TPSA) is 84.8 Å². The molecular weight excluding hydrogens is 465 g/mol. The van der Waals surface area contributed by atoms with Gasteiger partial charge in [0.05, 0.1) is 7.11 Å². The maximum absolute atomic E-state index is 12.6. The molecule has 12 heteroatoms. The molecular formula is C23H25F3N6O3. The van der Waals surface area contributed by atoms with Crippen LogP contribution in [0.25, 0.3) is 5.69 Å². The molecule has 35 heavy (non-hydrogen) atoms. The van der Waals surface area contributed by atoms with Gasteiger partial charge in [0, 0.05) is 44.5 Å². The van der Waals surface area contributed by atoms with Crippen LogP contribution < -0.4 is 19.7 Å². The van der Waals surface area contributed by atoms with Gasteiger partial charge in [-0.25, -0.2) is 14.5 Å². The summed E-state index contributed by atoms with van der Waals surface area (Å²) in [6.45, 7) is 4.35. The number of piperazine rings is 1. The first kappa shape index (κ1) is 24.2. The van der Waals surface area contributed by atoms with Gasteiger partial charge in [0.2, 0.25) is 0 Å². The predicted octanol–water partition coefficient (Wildman–Crippen LogP) is 3.51. The summed E-state index contributed by atoms with van der Waals surface area (Å²) >= 11 is 0. The Morgan fingerprint density at radius 1 is 1.09 bits per heavy atom. The van der Waals surface area contributed by atoms with Gasteiger partial charge in [0.1, 0.15) is 29.3 Å². The number of halogens is 3. The number of benzene rings is 2. The third-order valence-corrected chi connectivity index (χ3v) is 5.55. The second kappa shape index (κ2) is 10.1. The van der Waals surface area contributed by atoms with E-state index in [2.05, 4.69) is 25.0 Å². The van der Waals surface area contributed by atoms with Crippen LogP contribution in [0.4, 0.5) is 23.7 Å². The van der Waals surface area contributed by atoms with Gasteiger partial charge in [0.25, 0.3) is 0 Å². The summed E-state index contributed by atoms with van der Waals surface area (Å²) < 4.78 is 47.9. The molecule has 1 fully saturated rings. The Kier molecular flexibility index (Phi) is 6.99. The largest absolute Gasteiger partial charge is 0.573 e. The third-order valence-electron chi connectivity index (χ3n) is 5.55. The Labute approximate surface area is 200 Å². The second-order valence-electron chi connectivity index (χ2n) is 7.92. The van der Waals surface area contributed by atoms with Gasteiger partial charge in [-0.15, -0.1) is 13.2 Å². The summed E-state index contributed by atoms with van der Waals surface area (Å²) in [4.78, 5) is 20.6. The molecule has 2 aromatic carbocycles. The SMILES string of the molecule is COc1cc(N2CCN(C(=O)NCc3ccc(OC(F)(F)F)cc3)CC2)ccc1-n1cnc(C)n1. The van der Waals surface area contributed by atoms with Crippen molar-refractivity contribution in [2.45, 2.75) is 19.8 Å². The molecule has 0 unspecified atom stereocenters. The lowest BCUT2D eigenvalue weighted by Crippen LogP contribution is -2.51. The standard InChI is InChI=1S/C23H25F3N6O3/c1-16-28-15-32(29-16)20-8-5-18(13-21(20)34-2)30-9-11-31(12-10-30)22(33)27-14-17-3-6-19(7-4-17)35-23(24,25)26/h3-8,13,15H,9-12,14H2,1-2H3,(H,27,33). The number of hydrogen-bond donors (Lipinski definition) is 1. The van der Waals surface area contributed by atoms with Gasteiger partial charge >= 0.3 is 12.4 Å². The van der Waals surface area contributed by atoms with Crippen molar-refractivity contribution >= 4 is 11.7 Å². The fourth-order valence-electron chi connectivity index (χ4n) is 3.78. The molecule has 186 valence electrons. The number of nitrogens with one attached hydrogen (secondary N) is 1. The van der Waals surface area contributed by atoms with Crippen molar-refractivity contribution in [3.05, 3.63) is 60.2 Å². The number of carbonyl (C=O) groups is 1. The first-order chi connectivity index (χ1) is 16.7. The highest BCUT2D eigenvalue weighted by Crippen LogP contribution is 2.29. The van der Waals surface area contributed by atoms with E-state index in [1.807, 2.05) is 25.1 Å². The van der Waals surface area contributed by atoms with E-state index in [0.717, 1.165) is 11.4 Å². The molecule has 1 aliphatic heterocycles. The van der Waals surface area contributed by atoms with Gasteiger partial charge in [-0.05, 0) is 36.8 Å². The van der Waals surface area contributed by atoms with Crippen LogP contribution in [-0.2, 0) is 6.54 Å². The molecule has 0 radical (unpaired) electrons. The number of alkyl halides is 3. The van der Waals surface area contributed by atoms with Crippen molar-refractivity contribution in [1.29, 1.82) is 0 Å². The molecule has 0 atom stereocenters. The summed E-state index contributed by atoms with van der Waals surface area (Å²) in [7, 11) is 1.60. The Morgan fingerprint density at radius 3 is 2.40 bits per heavy atom. The van der Waals surface area contributed by atoms with Gasteiger partial charge < -0.3 is 24.6 Å². The molecule has 0 spiro atoms. The number of methoxy groups -OCH3 is 1. The third kappa shape index (κ3) is 6.14. The Hall–Kier alpha value is -3.96. The number of urea groups is 1. The number of rotatable bonds is 6. The van der Waals surface area contributed by atoms with Crippen LogP contribution in [-0.4, -0.2) is 65.3 Å². The quantitative estimate of drug-likeness (QED) is 0.569. The minimum Gasteiger partial charge on any atom is -0.494 e. The predicted molar refractivity (Wildman–Crippen MR) is 122 cm³/mol. The zero-order valence-electron chi connectivity index (χ0n) is 19.2. The van der Waals surface area contributed by atoms with Crippen LogP contribution in [0.5, 0.6) is 11.5 Å². The maximum atomic E-state index is 12.6. The lowest BCUT2D eigenvalue weighted by Gasteiger charge is -2.36. The molecule has 9 nitrogen and oxygen atoms in total. The van der Waals surface area contributed by atoms with E-state index in [4.69, 9.17) is 4.74 Å². The average molecular weight is 490 g/mol. The van der Waals surface area contributed by atoms with Crippen LogP contribution in [0.3, 0.4) is 0 Å². The van der Waals surface area contributed by atoms with Gasteiger partial charge in [-0.3, -0.25) is 0 Å². The zero-order chi connectivity index (χ0) is 25.0. The van der Waals surface area contributed by atoms with Crippen LogP contribution in [0, 0.1) is 6.92 Å². The number of nitrogens with zero attached hydrogens (tertiary/aromatic N) is 5. The minimum atomic E-state index is -4.73. The Morgan fingerprint density at radius 2 is 1.80 bits per heavy atom. The lowest BCUT2D eigenvalue weighted by molar-refractivity contribution is -0.274. The van der Waals surface area contributed by atoms with Crippen LogP contribution in [0.1, 0.15) is 11.4 Å². The first-order valence-corrected chi connectivity index (χ1v) is 10.9. The molecule has 1 aliphatic rings. The molecule has 4 rings (SSSR count). The molecule has 1 aromatic heterocycles. The second-order valence-corrected chi connectivity index (χ2v) is 7.92. The number of carbonyl (C=O) groups excluding carboxylic acids is 1. The number of aryl methyl sites for hydroxylation is 1. The van der Waals surface area contributed by atoms with E-state index in [1.54, 1.807) is 23.0 Å². The van der Waals surface area contributed by atoms with E-state index in [9.17, 15) is 18.0 Å². The van der Waals surface area contributed by atoms with Crippen molar-refractivity contribution < 1.29 is 27.4 Å². The van der Waals surface area contributed by atoms with Gasteiger partial charge in [0.15, 0.2) is 0 Å². The maximum Gasteiger partial charge on any atom is 0.573 e. The Bertz CT molecular complexity index is 1160. The molecule has 2 amide bonds. The van der Waals surface area contributed by atoms with E-state index in [0.29, 0.717) is 43.3 Å². The molecule has 0 bridgehead atoms. The van der Waals surface area contributed by atoms with Crippen molar-refractivity contribution in [3.63, 3.8) is 0 Å². The summed E-state index contributed by atoms with van der Waals surface area (Å²) in [5.41, 5.74) is 2.43. The van der Waals surface area contributed by atoms with Gasteiger partial charge in [-0.1, -0.05) is 12.1 Å². The van der Waals surface area contributed by atoms with Crippen molar-refractivity contribution in [3.8, 4) is 17.2 Å². The van der Waals surface area contributed by atoms with Crippen LogP contribution in [0.2, 0.25) is 0 Å². The van der Waals surface area contributed by atoms with E-state index < -0.39 is 6.36 Å². The number of aromatic nitrogens is 3. The number of hydrogen-bond acceptors (Lipinski definition) is 6. The summed E-state index contributed by atoms with van der Waals surface area (Å²) in [6, 6.07) is 11.0. The monoisotopic (exact) mass is 490 g/mol. The highest BCUT2D eigenvalue weighted by atomic mass is 19.4. The van der Waals surface area contributed by atoms with Crippen molar-refractivity contribution in [2.75, 3.05) is 38.2 Å². The molecule has 0 aliphatic carbocycles. The van der Waals surface area contributed by atoms with E-state index >= 15 is 0 Å². The first-order valence-electron chi connectivity index (χ1n) is 10.9. The normalized spacial score (nSPS) is 14.1. The number of anilines is 1. The summed E-state index contributed by atoms with van der Waals surface area (Å²) in [6.07, 6.45) is -3.10. The van der Waals surface area contributed by atoms with Crippen LogP contribution in [0.15, 0.2) is 48.8 Å². The molecule has 2 heterocycles. The lowest BCUT2D eigenvalue weighted by atomic mass is 10.2. The molecule has 0 saturated carbocycles. The molecule has 1 saturated heterocycles. The highest BCUT2D eigenvalue weighted by molar-refractivity contribution is 5.74. The summed E-state index contributed by atoms with van der Waals surface area (Å²) in [5, 5.41) is 7.13. The molecule has 1 N–H and O–H groups in total. The van der Waals surface area contributed by atoms with E-state index in [-0.39, 0.29) is 18.3 Å². The van der Waals surface area contributed by atoms with Crippen LogP contribution >= 0.6 is 0 Å². The zero-order valence-corrected chi connectivity index (χ0v) is 19.2. The van der Waals surface area contributed by atoms with Crippen molar-refractivity contribution in [2.24, 2.45) is 0 Å². The van der Waals surface area contributed by atoms with E-state index in [1.165, 1.54) is 24.3 Å². The Balaban J connectivity index is 1.29. The average Bonchev–Trinajstić information content (AvgIpc) is 3.28. The van der Waals surface area contributed by atoms with Crippen molar-refractivity contribution in [1.82, 2.24) is 25.0 Å². The number of amides is 2. The molecule has 3 aromatic rings. The fraction of sp³-hybridized carbons (Fsp3) is 0.348.